The number of piperazine rings is 1. The summed E-state index contributed by atoms with van der Waals surface area (Å²) in [4.78, 5) is 29.4. The lowest BCUT2D eigenvalue weighted by atomic mass is 10.1. The van der Waals surface area contributed by atoms with E-state index in [1.165, 1.54) is 5.56 Å². The summed E-state index contributed by atoms with van der Waals surface area (Å²) < 4.78 is 5.67. The first kappa shape index (κ1) is 20.5. The maximum Gasteiger partial charge on any atom is 0.253 e. The third-order valence-electron chi connectivity index (χ3n) is 6.08. The van der Waals surface area contributed by atoms with Crippen molar-refractivity contribution in [1.82, 2.24) is 9.80 Å². The average molecular weight is 407 g/mol. The fourth-order valence-electron chi connectivity index (χ4n) is 4.11. The van der Waals surface area contributed by atoms with E-state index in [4.69, 9.17) is 4.74 Å². The molecule has 0 radical (unpaired) electrons. The van der Waals surface area contributed by atoms with Crippen LogP contribution < -0.4 is 4.74 Å². The van der Waals surface area contributed by atoms with Crippen LogP contribution in [0.5, 0.6) is 5.75 Å². The quantitative estimate of drug-likeness (QED) is 0.654. The van der Waals surface area contributed by atoms with Crippen LogP contribution in [0.4, 0.5) is 0 Å². The molecule has 2 unspecified atom stereocenters. The second kappa shape index (κ2) is 9.33. The number of hydrogen-bond acceptors (Lipinski definition) is 3. The molecule has 30 heavy (non-hydrogen) atoms. The second-order valence-corrected chi connectivity index (χ2v) is 8.20. The van der Waals surface area contributed by atoms with Gasteiger partial charge in [0, 0.05) is 37.7 Å². The predicted molar refractivity (Wildman–Crippen MR) is 117 cm³/mol. The molecule has 2 aliphatic rings. The molecule has 1 heterocycles. The van der Waals surface area contributed by atoms with Gasteiger partial charge >= 0.3 is 0 Å². The molecule has 4 rings (SSSR count). The predicted octanol–water partition coefficient (Wildman–Crippen LogP) is 3.95. The van der Waals surface area contributed by atoms with Gasteiger partial charge in [-0.3, -0.25) is 9.59 Å². The lowest BCUT2D eigenvalue weighted by molar-refractivity contribution is -0.134. The van der Waals surface area contributed by atoms with Crippen LogP contribution in [0, 0.1) is 5.92 Å². The summed E-state index contributed by atoms with van der Waals surface area (Å²) in [5, 5.41) is 0. The van der Waals surface area contributed by atoms with E-state index >= 15 is 0 Å². The summed E-state index contributed by atoms with van der Waals surface area (Å²) in [6, 6.07) is 17.7. The molecule has 2 amide bonds. The maximum absolute atomic E-state index is 12.8. The van der Waals surface area contributed by atoms with E-state index in [1.807, 2.05) is 52.3 Å². The van der Waals surface area contributed by atoms with Crippen LogP contribution in [0.2, 0.25) is 0 Å². The standard InChI is InChI=1S/C25H30N2O3/c1-2-3-17-30-21-11-9-20(10-12-21)24(28)26-13-15-27(16-14-26)25(29)23-18-22(23)19-7-5-4-6-8-19/h4-12,22-23H,2-3,13-18H2,1H3. The van der Waals surface area contributed by atoms with Gasteiger partial charge in [-0.25, -0.2) is 0 Å². The molecule has 2 aromatic rings. The Labute approximate surface area is 178 Å². The molecule has 0 spiro atoms. The van der Waals surface area contributed by atoms with Gasteiger partial charge < -0.3 is 14.5 Å². The van der Waals surface area contributed by atoms with Crippen molar-refractivity contribution >= 4 is 11.8 Å². The van der Waals surface area contributed by atoms with Crippen molar-refractivity contribution in [2.45, 2.75) is 32.1 Å². The SMILES string of the molecule is CCCCOc1ccc(C(=O)N2CCN(C(=O)C3CC3c3ccccc3)CC2)cc1. The minimum Gasteiger partial charge on any atom is -0.494 e. The number of benzene rings is 2. The molecule has 1 saturated heterocycles. The number of hydrogen-bond donors (Lipinski definition) is 0. The van der Waals surface area contributed by atoms with Crippen molar-refractivity contribution < 1.29 is 14.3 Å². The number of amides is 2. The molecule has 0 aromatic heterocycles. The number of ether oxygens (including phenoxy) is 1. The number of unbranched alkanes of at least 4 members (excludes halogenated alkanes) is 1. The van der Waals surface area contributed by atoms with E-state index in [9.17, 15) is 9.59 Å². The van der Waals surface area contributed by atoms with Gasteiger partial charge in [-0.05, 0) is 48.6 Å². The Morgan fingerprint density at radius 3 is 2.27 bits per heavy atom. The van der Waals surface area contributed by atoms with Crippen molar-refractivity contribution in [2.24, 2.45) is 5.92 Å². The smallest absolute Gasteiger partial charge is 0.253 e. The normalized spacial score (nSPS) is 20.7. The summed E-state index contributed by atoms with van der Waals surface area (Å²) in [5.41, 5.74) is 1.93. The van der Waals surface area contributed by atoms with Crippen LogP contribution in [0.3, 0.4) is 0 Å². The van der Waals surface area contributed by atoms with Gasteiger partial charge in [0.25, 0.3) is 5.91 Å². The third-order valence-corrected chi connectivity index (χ3v) is 6.08. The number of nitrogens with zero attached hydrogens (tertiary/aromatic N) is 2. The van der Waals surface area contributed by atoms with Crippen LogP contribution in [0.1, 0.15) is 48.0 Å². The molecule has 158 valence electrons. The lowest BCUT2D eigenvalue weighted by Crippen LogP contribution is -2.51. The van der Waals surface area contributed by atoms with Crippen LogP contribution in [0.15, 0.2) is 54.6 Å². The molecule has 5 heteroatoms. The first-order valence-electron chi connectivity index (χ1n) is 11.0. The molecule has 5 nitrogen and oxygen atoms in total. The van der Waals surface area contributed by atoms with Crippen molar-refractivity contribution in [1.29, 1.82) is 0 Å². The molecule has 1 aliphatic heterocycles. The van der Waals surface area contributed by atoms with Gasteiger partial charge in [-0.1, -0.05) is 43.7 Å². The van der Waals surface area contributed by atoms with E-state index < -0.39 is 0 Å². The topological polar surface area (TPSA) is 49.9 Å². The molecule has 2 fully saturated rings. The highest BCUT2D eigenvalue weighted by molar-refractivity contribution is 5.94. The fraction of sp³-hybridized carbons (Fsp3) is 0.440. The summed E-state index contributed by atoms with van der Waals surface area (Å²) in [6.07, 6.45) is 3.06. The minimum absolute atomic E-state index is 0.0239. The largest absolute Gasteiger partial charge is 0.494 e. The van der Waals surface area contributed by atoms with E-state index in [1.54, 1.807) is 0 Å². The van der Waals surface area contributed by atoms with Gasteiger partial charge in [0.1, 0.15) is 5.75 Å². The summed E-state index contributed by atoms with van der Waals surface area (Å²) in [7, 11) is 0. The molecular weight excluding hydrogens is 376 g/mol. The summed E-state index contributed by atoms with van der Waals surface area (Å²) in [6.45, 7) is 5.22. The van der Waals surface area contributed by atoms with Crippen molar-refractivity contribution in [3.05, 3.63) is 65.7 Å². The van der Waals surface area contributed by atoms with Crippen molar-refractivity contribution in [2.75, 3.05) is 32.8 Å². The molecule has 0 N–H and O–H groups in total. The molecule has 0 bridgehead atoms. The molecule has 1 aliphatic carbocycles. The van der Waals surface area contributed by atoms with Crippen LogP contribution in [0.25, 0.3) is 0 Å². The average Bonchev–Trinajstić information content (AvgIpc) is 3.61. The Hall–Kier alpha value is -2.82. The Kier molecular flexibility index (Phi) is 6.36. The molecule has 2 aromatic carbocycles. The first-order chi connectivity index (χ1) is 14.7. The zero-order valence-electron chi connectivity index (χ0n) is 17.6. The van der Waals surface area contributed by atoms with E-state index in [0.29, 0.717) is 44.3 Å². The highest BCUT2D eigenvalue weighted by Crippen LogP contribution is 2.48. The van der Waals surface area contributed by atoms with Crippen molar-refractivity contribution in [3.63, 3.8) is 0 Å². The summed E-state index contributed by atoms with van der Waals surface area (Å²) >= 11 is 0. The Balaban J connectivity index is 1.26. The van der Waals surface area contributed by atoms with E-state index in [0.717, 1.165) is 25.0 Å². The lowest BCUT2D eigenvalue weighted by Gasteiger charge is -2.35. The first-order valence-corrected chi connectivity index (χ1v) is 11.0. The maximum atomic E-state index is 12.8. The van der Waals surface area contributed by atoms with Crippen LogP contribution in [-0.2, 0) is 4.79 Å². The van der Waals surface area contributed by atoms with Gasteiger partial charge in [0.2, 0.25) is 5.91 Å². The zero-order chi connectivity index (χ0) is 20.9. The minimum atomic E-state index is 0.0239. The number of rotatable bonds is 7. The number of carbonyl (C=O) groups excluding carboxylic acids is 2. The van der Waals surface area contributed by atoms with Crippen LogP contribution >= 0.6 is 0 Å². The molecule has 1 saturated carbocycles. The van der Waals surface area contributed by atoms with Gasteiger partial charge in [0.05, 0.1) is 6.61 Å². The van der Waals surface area contributed by atoms with E-state index in [2.05, 4.69) is 19.1 Å². The fourth-order valence-corrected chi connectivity index (χ4v) is 4.11. The zero-order valence-corrected chi connectivity index (χ0v) is 17.6. The highest BCUT2D eigenvalue weighted by Gasteiger charge is 2.46. The molecular formula is C25H30N2O3. The monoisotopic (exact) mass is 406 g/mol. The Morgan fingerprint density at radius 1 is 0.933 bits per heavy atom. The molecule has 2 atom stereocenters. The Morgan fingerprint density at radius 2 is 1.60 bits per heavy atom. The van der Waals surface area contributed by atoms with Crippen LogP contribution in [-0.4, -0.2) is 54.4 Å². The Bertz CT molecular complexity index is 858. The van der Waals surface area contributed by atoms with Gasteiger partial charge in [-0.15, -0.1) is 0 Å². The van der Waals surface area contributed by atoms with Gasteiger partial charge in [0.15, 0.2) is 0 Å². The second-order valence-electron chi connectivity index (χ2n) is 8.20. The summed E-state index contributed by atoms with van der Waals surface area (Å²) in [5.74, 6) is 1.53. The highest BCUT2D eigenvalue weighted by atomic mass is 16.5. The third kappa shape index (κ3) is 4.66. The van der Waals surface area contributed by atoms with E-state index in [-0.39, 0.29) is 17.7 Å². The number of carbonyl (C=O) groups is 2. The van der Waals surface area contributed by atoms with Crippen molar-refractivity contribution in [3.8, 4) is 5.75 Å². The van der Waals surface area contributed by atoms with Gasteiger partial charge in [-0.2, -0.15) is 0 Å².